The zero-order valence-corrected chi connectivity index (χ0v) is 15.4. The van der Waals surface area contributed by atoms with Crippen molar-refractivity contribution in [2.24, 2.45) is 5.92 Å². The van der Waals surface area contributed by atoms with Gasteiger partial charge in [-0.15, -0.1) is 0 Å². The molecular formula is C19H29NO4. The van der Waals surface area contributed by atoms with Gasteiger partial charge in [0.2, 0.25) is 11.7 Å². The van der Waals surface area contributed by atoms with Crippen LogP contribution in [0.5, 0.6) is 17.2 Å². The minimum absolute atomic E-state index is 0.169. The van der Waals surface area contributed by atoms with Gasteiger partial charge in [-0.2, -0.15) is 0 Å². The molecular weight excluding hydrogens is 306 g/mol. The number of hydrogen-bond donors (Lipinski definition) is 0. The maximum Gasteiger partial charge on any atom is 0.227 e. The monoisotopic (exact) mass is 335 g/mol. The average Bonchev–Trinajstić information content (AvgIpc) is 2.60. The Hall–Kier alpha value is -1.91. The zero-order chi connectivity index (χ0) is 17.7. The molecule has 0 bridgehead atoms. The third-order valence-electron chi connectivity index (χ3n) is 4.72. The van der Waals surface area contributed by atoms with Gasteiger partial charge in [0.1, 0.15) is 0 Å². The highest BCUT2D eigenvalue weighted by atomic mass is 16.5. The predicted molar refractivity (Wildman–Crippen MR) is 94.0 cm³/mol. The van der Waals surface area contributed by atoms with Crippen molar-refractivity contribution in [1.29, 1.82) is 0 Å². The van der Waals surface area contributed by atoms with Crippen LogP contribution in [0.3, 0.4) is 0 Å². The van der Waals surface area contributed by atoms with Crippen molar-refractivity contribution in [2.75, 3.05) is 27.9 Å². The lowest BCUT2D eigenvalue weighted by atomic mass is 9.92. The number of rotatable bonds is 6. The number of benzene rings is 1. The molecule has 1 aromatic carbocycles. The van der Waals surface area contributed by atoms with Crippen LogP contribution in [0.25, 0.3) is 0 Å². The highest BCUT2D eigenvalue weighted by Gasteiger charge is 2.29. The molecule has 1 aromatic rings. The third kappa shape index (κ3) is 3.94. The number of amides is 1. The van der Waals surface area contributed by atoms with Crippen LogP contribution in [0.1, 0.15) is 38.7 Å². The number of carbonyl (C=O) groups excluding carboxylic acids is 1. The summed E-state index contributed by atoms with van der Waals surface area (Å²) < 4.78 is 16.1. The topological polar surface area (TPSA) is 48.0 Å². The van der Waals surface area contributed by atoms with Crippen molar-refractivity contribution in [1.82, 2.24) is 4.90 Å². The maximum atomic E-state index is 12.8. The first-order chi connectivity index (χ1) is 11.5. The minimum Gasteiger partial charge on any atom is -0.493 e. The van der Waals surface area contributed by atoms with E-state index in [2.05, 4.69) is 18.7 Å². The fourth-order valence-corrected chi connectivity index (χ4v) is 3.47. The summed E-state index contributed by atoms with van der Waals surface area (Å²) in [5.41, 5.74) is 0.877. The number of nitrogens with zero attached hydrogens (tertiary/aromatic N) is 1. The van der Waals surface area contributed by atoms with E-state index >= 15 is 0 Å². The largest absolute Gasteiger partial charge is 0.493 e. The molecule has 0 N–H and O–H groups in total. The summed E-state index contributed by atoms with van der Waals surface area (Å²) in [5, 5.41) is 0. The van der Waals surface area contributed by atoms with Gasteiger partial charge < -0.3 is 19.1 Å². The van der Waals surface area contributed by atoms with Gasteiger partial charge in [-0.05, 0) is 42.9 Å². The fourth-order valence-electron chi connectivity index (χ4n) is 3.47. The molecule has 0 aliphatic carbocycles. The molecule has 1 atom stereocenters. The van der Waals surface area contributed by atoms with E-state index in [-0.39, 0.29) is 5.91 Å². The molecule has 1 aliphatic heterocycles. The highest BCUT2D eigenvalue weighted by Crippen LogP contribution is 2.38. The molecule has 24 heavy (non-hydrogen) atoms. The van der Waals surface area contributed by atoms with Gasteiger partial charge in [0.05, 0.1) is 27.8 Å². The first-order valence-electron chi connectivity index (χ1n) is 8.60. The summed E-state index contributed by atoms with van der Waals surface area (Å²) in [4.78, 5) is 14.9. The van der Waals surface area contributed by atoms with Gasteiger partial charge in [-0.1, -0.05) is 13.8 Å². The van der Waals surface area contributed by atoms with Crippen LogP contribution < -0.4 is 14.2 Å². The van der Waals surface area contributed by atoms with E-state index < -0.39 is 0 Å². The first kappa shape index (κ1) is 18.4. The lowest BCUT2D eigenvalue weighted by Gasteiger charge is -2.38. The van der Waals surface area contributed by atoms with E-state index in [0.717, 1.165) is 24.9 Å². The van der Waals surface area contributed by atoms with Crippen LogP contribution in [0, 0.1) is 5.92 Å². The molecule has 0 aromatic heterocycles. The molecule has 0 spiro atoms. The summed E-state index contributed by atoms with van der Waals surface area (Å²) in [6.07, 6.45) is 3.74. The second-order valence-electron chi connectivity index (χ2n) is 6.60. The van der Waals surface area contributed by atoms with Gasteiger partial charge in [-0.3, -0.25) is 4.79 Å². The average molecular weight is 335 g/mol. The summed E-state index contributed by atoms with van der Waals surface area (Å²) in [5.74, 6) is 2.36. The molecule has 0 saturated carbocycles. The molecule has 1 fully saturated rings. The molecule has 0 radical (unpaired) electrons. The molecule has 2 rings (SSSR count). The van der Waals surface area contributed by atoms with Crippen LogP contribution >= 0.6 is 0 Å². The molecule has 1 amide bonds. The quantitative estimate of drug-likeness (QED) is 0.800. The lowest BCUT2D eigenvalue weighted by Crippen LogP contribution is -2.47. The van der Waals surface area contributed by atoms with Crippen LogP contribution in [0.4, 0.5) is 0 Å². The van der Waals surface area contributed by atoms with E-state index in [1.54, 1.807) is 21.3 Å². The van der Waals surface area contributed by atoms with E-state index in [4.69, 9.17) is 14.2 Å². The zero-order valence-electron chi connectivity index (χ0n) is 15.4. The Morgan fingerprint density at radius 1 is 1.12 bits per heavy atom. The summed E-state index contributed by atoms with van der Waals surface area (Å²) in [6, 6.07) is 4.05. The first-order valence-corrected chi connectivity index (χ1v) is 8.60. The maximum absolute atomic E-state index is 12.8. The van der Waals surface area contributed by atoms with Crippen molar-refractivity contribution in [3.05, 3.63) is 17.7 Å². The molecule has 134 valence electrons. The fraction of sp³-hybridized carbons (Fsp3) is 0.632. The minimum atomic E-state index is 0.169. The van der Waals surface area contributed by atoms with Crippen molar-refractivity contribution >= 4 is 5.91 Å². The molecule has 5 heteroatoms. The number of ether oxygens (including phenoxy) is 3. The van der Waals surface area contributed by atoms with Crippen molar-refractivity contribution in [3.8, 4) is 17.2 Å². The van der Waals surface area contributed by atoms with E-state index in [1.807, 2.05) is 12.1 Å². The molecule has 5 nitrogen and oxygen atoms in total. The third-order valence-corrected chi connectivity index (χ3v) is 4.72. The van der Waals surface area contributed by atoms with Crippen molar-refractivity contribution in [2.45, 2.75) is 45.6 Å². The van der Waals surface area contributed by atoms with Gasteiger partial charge in [0, 0.05) is 12.6 Å². The van der Waals surface area contributed by atoms with Crippen LogP contribution in [-0.4, -0.2) is 44.7 Å². The summed E-state index contributed by atoms with van der Waals surface area (Å²) in [7, 11) is 4.75. The summed E-state index contributed by atoms with van der Waals surface area (Å²) >= 11 is 0. The molecule has 1 saturated heterocycles. The van der Waals surface area contributed by atoms with E-state index in [1.165, 1.54) is 6.42 Å². The van der Waals surface area contributed by atoms with Crippen LogP contribution in [0.15, 0.2) is 12.1 Å². The number of hydrogen-bond acceptors (Lipinski definition) is 4. The van der Waals surface area contributed by atoms with Crippen molar-refractivity contribution < 1.29 is 19.0 Å². The Balaban J connectivity index is 2.21. The standard InChI is InChI=1S/C19H29NO4/c1-13(2)15-8-6-7-9-20(15)18(21)12-14-10-16(22-3)19(24-5)17(11-14)23-4/h10-11,13,15H,6-9,12H2,1-5H3. The van der Waals surface area contributed by atoms with Gasteiger partial charge in [0.15, 0.2) is 11.5 Å². The number of likely N-dealkylation sites (tertiary alicyclic amines) is 1. The smallest absolute Gasteiger partial charge is 0.227 e. The predicted octanol–water partition coefficient (Wildman–Crippen LogP) is 3.29. The SMILES string of the molecule is COc1cc(CC(=O)N2CCCCC2C(C)C)cc(OC)c1OC. The van der Waals surface area contributed by atoms with Crippen molar-refractivity contribution in [3.63, 3.8) is 0 Å². The normalized spacial score (nSPS) is 17.8. The molecule has 1 unspecified atom stereocenters. The summed E-state index contributed by atoms with van der Waals surface area (Å²) in [6.45, 7) is 5.23. The van der Waals surface area contributed by atoms with Crippen LogP contribution in [-0.2, 0) is 11.2 Å². The number of piperidine rings is 1. The van der Waals surface area contributed by atoms with Gasteiger partial charge in [-0.25, -0.2) is 0 Å². The van der Waals surface area contributed by atoms with Crippen LogP contribution in [0.2, 0.25) is 0 Å². The second-order valence-corrected chi connectivity index (χ2v) is 6.60. The number of methoxy groups -OCH3 is 3. The Bertz CT molecular complexity index is 545. The Kier molecular flexibility index (Phi) is 6.35. The Morgan fingerprint density at radius 2 is 1.75 bits per heavy atom. The Labute approximate surface area is 144 Å². The van der Waals surface area contributed by atoms with E-state index in [9.17, 15) is 4.79 Å². The van der Waals surface area contributed by atoms with E-state index in [0.29, 0.717) is 35.6 Å². The number of carbonyl (C=O) groups is 1. The second kappa shape index (κ2) is 8.27. The Morgan fingerprint density at radius 3 is 2.25 bits per heavy atom. The molecule has 1 heterocycles. The lowest BCUT2D eigenvalue weighted by molar-refractivity contribution is -0.135. The van der Waals surface area contributed by atoms with Gasteiger partial charge in [0.25, 0.3) is 0 Å². The van der Waals surface area contributed by atoms with Gasteiger partial charge >= 0.3 is 0 Å². The molecule has 1 aliphatic rings. The highest BCUT2D eigenvalue weighted by molar-refractivity contribution is 5.80.